The first-order valence-corrected chi connectivity index (χ1v) is 6.58. The van der Waals surface area contributed by atoms with Crippen molar-refractivity contribution in [3.05, 3.63) is 29.6 Å². The van der Waals surface area contributed by atoms with E-state index in [1.165, 1.54) is 6.07 Å². The molecule has 1 heterocycles. The average molecular weight is 266 g/mol. The topological polar surface area (TPSA) is 43.8 Å². The number of carbonyl (C=O) groups is 1. The van der Waals surface area contributed by atoms with Gasteiger partial charge in [-0.2, -0.15) is 0 Å². The summed E-state index contributed by atoms with van der Waals surface area (Å²) in [5.41, 5.74) is 0.805. The lowest BCUT2D eigenvalue weighted by molar-refractivity contribution is 0.112. The van der Waals surface area contributed by atoms with Gasteiger partial charge in [0.1, 0.15) is 5.82 Å². The number of benzene rings is 1. The average Bonchev–Trinajstić information content (AvgIpc) is 2.64. The summed E-state index contributed by atoms with van der Waals surface area (Å²) in [6.45, 7) is 4.09. The van der Waals surface area contributed by atoms with Crippen molar-refractivity contribution in [1.29, 1.82) is 0 Å². The van der Waals surface area contributed by atoms with Crippen molar-refractivity contribution < 1.29 is 14.3 Å². The number of halogens is 1. The third-order valence-corrected chi connectivity index (χ3v) is 3.49. The predicted octanol–water partition coefficient (Wildman–Crippen LogP) is 1.14. The van der Waals surface area contributed by atoms with E-state index in [1.54, 1.807) is 12.1 Å². The minimum atomic E-state index is -0.469. The van der Waals surface area contributed by atoms with Gasteiger partial charge in [0, 0.05) is 26.2 Å². The van der Waals surface area contributed by atoms with Gasteiger partial charge < -0.3 is 10.0 Å². The summed E-state index contributed by atoms with van der Waals surface area (Å²) in [5, 5.41) is 8.96. The second-order valence-electron chi connectivity index (χ2n) is 4.70. The van der Waals surface area contributed by atoms with Crippen LogP contribution in [0.4, 0.5) is 10.1 Å². The Hall–Kier alpha value is -1.46. The van der Waals surface area contributed by atoms with Gasteiger partial charge in [0.15, 0.2) is 6.29 Å². The lowest BCUT2D eigenvalue weighted by Crippen LogP contribution is -2.32. The van der Waals surface area contributed by atoms with E-state index >= 15 is 0 Å². The van der Waals surface area contributed by atoms with E-state index in [1.807, 2.05) is 4.90 Å². The molecule has 104 valence electrons. The van der Waals surface area contributed by atoms with Gasteiger partial charge in [-0.05, 0) is 25.1 Å². The van der Waals surface area contributed by atoms with Crippen molar-refractivity contribution in [2.24, 2.45) is 0 Å². The molecule has 0 amide bonds. The first kappa shape index (κ1) is 14.0. The smallest absolute Gasteiger partial charge is 0.155 e. The van der Waals surface area contributed by atoms with E-state index in [0.717, 1.165) is 32.6 Å². The zero-order valence-electron chi connectivity index (χ0n) is 10.9. The van der Waals surface area contributed by atoms with Gasteiger partial charge in [0.25, 0.3) is 0 Å². The second-order valence-corrected chi connectivity index (χ2v) is 4.70. The summed E-state index contributed by atoms with van der Waals surface area (Å²) in [5.74, 6) is -0.469. The van der Waals surface area contributed by atoms with Crippen LogP contribution in [0.2, 0.25) is 0 Å². The van der Waals surface area contributed by atoms with Crippen molar-refractivity contribution in [1.82, 2.24) is 4.90 Å². The molecule has 1 N–H and O–H groups in total. The monoisotopic (exact) mass is 266 g/mol. The molecule has 0 radical (unpaired) electrons. The molecule has 4 nitrogen and oxygen atoms in total. The quantitative estimate of drug-likeness (QED) is 0.830. The minimum Gasteiger partial charge on any atom is -0.395 e. The highest BCUT2D eigenvalue weighted by molar-refractivity contribution is 5.85. The van der Waals surface area contributed by atoms with Gasteiger partial charge in [-0.25, -0.2) is 4.39 Å². The molecule has 1 aliphatic rings. The predicted molar refractivity (Wildman–Crippen MR) is 72.1 cm³/mol. The first-order chi connectivity index (χ1) is 9.26. The minimum absolute atomic E-state index is 0.137. The van der Waals surface area contributed by atoms with Crippen LogP contribution < -0.4 is 4.90 Å². The van der Waals surface area contributed by atoms with Gasteiger partial charge in [0.2, 0.25) is 0 Å². The Kier molecular flexibility index (Phi) is 4.87. The van der Waals surface area contributed by atoms with Crippen LogP contribution in [0, 0.1) is 5.82 Å². The summed E-state index contributed by atoms with van der Waals surface area (Å²) in [6, 6.07) is 4.73. The van der Waals surface area contributed by atoms with E-state index < -0.39 is 5.82 Å². The Morgan fingerprint density at radius 2 is 2.11 bits per heavy atom. The molecule has 0 saturated carbocycles. The van der Waals surface area contributed by atoms with Gasteiger partial charge in [0.05, 0.1) is 17.9 Å². The van der Waals surface area contributed by atoms with Crippen LogP contribution in [0.5, 0.6) is 0 Å². The Morgan fingerprint density at radius 3 is 2.84 bits per heavy atom. The van der Waals surface area contributed by atoms with Gasteiger partial charge in [-0.15, -0.1) is 0 Å². The molecular weight excluding hydrogens is 247 g/mol. The van der Waals surface area contributed by atoms with Crippen LogP contribution in [-0.2, 0) is 0 Å². The zero-order valence-corrected chi connectivity index (χ0v) is 10.9. The largest absolute Gasteiger partial charge is 0.395 e. The summed E-state index contributed by atoms with van der Waals surface area (Å²) in [4.78, 5) is 15.3. The Labute approximate surface area is 112 Å². The number of aliphatic hydroxyl groups excluding tert-OH is 1. The molecule has 1 aromatic rings. The first-order valence-electron chi connectivity index (χ1n) is 6.58. The van der Waals surface area contributed by atoms with Crippen molar-refractivity contribution in [2.75, 3.05) is 44.2 Å². The van der Waals surface area contributed by atoms with E-state index in [9.17, 15) is 9.18 Å². The maximum absolute atomic E-state index is 13.6. The van der Waals surface area contributed by atoms with E-state index in [-0.39, 0.29) is 12.2 Å². The van der Waals surface area contributed by atoms with Crippen molar-refractivity contribution in [2.45, 2.75) is 6.42 Å². The molecule has 1 aliphatic heterocycles. The van der Waals surface area contributed by atoms with Crippen molar-refractivity contribution in [3.63, 3.8) is 0 Å². The third-order valence-electron chi connectivity index (χ3n) is 3.49. The molecule has 0 unspecified atom stereocenters. The third kappa shape index (κ3) is 3.30. The van der Waals surface area contributed by atoms with Crippen LogP contribution in [0.3, 0.4) is 0 Å². The van der Waals surface area contributed by atoms with Crippen LogP contribution >= 0.6 is 0 Å². The molecule has 0 atom stereocenters. The molecule has 0 spiro atoms. The lowest BCUT2D eigenvalue weighted by atomic mass is 10.1. The Balaban J connectivity index is 2.14. The zero-order chi connectivity index (χ0) is 13.7. The lowest BCUT2D eigenvalue weighted by Gasteiger charge is -2.24. The molecule has 1 fully saturated rings. The number of nitrogens with zero attached hydrogens (tertiary/aromatic N) is 2. The molecule has 0 aliphatic carbocycles. The standard InChI is InChI=1S/C14H19FN2O2/c15-13-3-1-4-14(12(13)11-19)17-6-2-5-16(7-8-17)9-10-18/h1,3-4,11,18H,2,5-10H2. The number of carbonyl (C=O) groups excluding carboxylic acids is 1. The number of aldehydes is 1. The molecule has 1 aromatic carbocycles. The molecule has 19 heavy (non-hydrogen) atoms. The van der Waals surface area contributed by atoms with Crippen molar-refractivity contribution in [3.8, 4) is 0 Å². The number of hydrogen-bond donors (Lipinski definition) is 1. The van der Waals surface area contributed by atoms with E-state index in [0.29, 0.717) is 18.5 Å². The normalized spacial score (nSPS) is 17.3. The van der Waals surface area contributed by atoms with Gasteiger partial charge in [-0.1, -0.05) is 6.07 Å². The van der Waals surface area contributed by atoms with Crippen molar-refractivity contribution >= 4 is 12.0 Å². The number of rotatable bonds is 4. The second kappa shape index (κ2) is 6.63. The fraction of sp³-hybridized carbons (Fsp3) is 0.500. The highest BCUT2D eigenvalue weighted by Crippen LogP contribution is 2.22. The summed E-state index contributed by atoms with van der Waals surface area (Å²) < 4.78 is 13.6. The van der Waals surface area contributed by atoms with Crippen LogP contribution in [0.15, 0.2) is 18.2 Å². The Morgan fingerprint density at radius 1 is 1.26 bits per heavy atom. The number of β-amino-alcohol motifs (C(OH)–C–C–N with tert-alkyl or cyclic N) is 1. The highest BCUT2D eigenvalue weighted by Gasteiger charge is 2.18. The summed E-state index contributed by atoms with van der Waals surface area (Å²) in [6.07, 6.45) is 1.52. The molecule has 1 saturated heterocycles. The molecule has 5 heteroatoms. The van der Waals surface area contributed by atoms with E-state index in [2.05, 4.69) is 4.90 Å². The van der Waals surface area contributed by atoms with Gasteiger partial charge >= 0.3 is 0 Å². The fourth-order valence-electron chi connectivity index (χ4n) is 2.49. The van der Waals surface area contributed by atoms with Crippen LogP contribution in [0.25, 0.3) is 0 Å². The molecule has 0 bridgehead atoms. The van der Waals surface area contributed by atoms with Gasteiger partial charge in [-0.3, -0.25) is 9.69 Å². The SMILES string of the molecule is O=Cc1c(F)cccc1N1CCCN(CCO)CC1. The number of hydrogen-bond acceptors (Lipinski definition) is 4. The molecule has 0 aromatic heterocycles. The Bertz CT molecular complexity index is 439. The highest BCUT2D eigenvalue weighted by atomic mass is 19.1. The molecule has 2 rings (SSSR count). The molecular formula is C14H19FN2O2. The fourth-order valence-corrected chi connectivity index (χ4v) is 2.49. The maximum Gasteiger partial charge on any atom is 0.155 e. The number of anilines is 1. The maximum atomic E-state index is 13.6. The van der Waals surface area contributed by atoms with Crippen LogP contribution in [0.1, 0.15) is 16.8 Å². The van der Waals surface area contributed by atoms with Crippen LogP contribution in [-0.4, -0.2) is 55.6 Å². The van der Waals surface area contributed by atoms with E-state index in [4.69, 9.17) is 5.11 Å². The number of aliphatic hydroxyl groups is 1. The summed E-state index contributed by atoms with van der Waals surface area (Å²) >= 11 is 0. The summed E-state index contributed by atoms with van der Waals surface area (Å²) in [7, 11) is 0.